The van der Waals surface area contributed by atoms with Crippen LogP contribution in [0.4, 0.5) is 0 Å². The van der Waals surface area contributed by atoms with Gasteiger partial charge in [0.1, 0.15) is 5.75 Å². The molecule has 0 spiro atoms. The van der Waals surface area contributed by atoms with Gasteiger partial charge in [0.15, 0.2) is 0 Å². The number of esters is 1. The van der Waals surface area contributed by atoms with Crippen LogP contribution in [0.25, 0.3) is 0 Å². The first kappa shape index (κ1) is 24.5. The van der Waals surface area contributed by atoms with E-state index in [-0.39, 0.29) is 18.4 Å². The largest absolute Gasteiger partial charge is 0.497 e. The Morgan fingerprint density at radius 1 is 0.848 bits per heavy atom. The number of aliphatic hydroxyl groups is 1. The summed E-state index contributed by atoms with van der Waals surface area (Å²) in [6, 6.07) is 28.0. The summed E-state index contributed by atoms with van der Waals surface area (Å²) >= 11 is 0. The molecule has 0 amide bonds. The monoisotopic (exact) mass is 447 g/mol. The number of rotatable bonds is 12. The minimum atomic E-state index is -0.876. The zero-order valence-corrected chi connectivity index (χ0v) is 19.4. The molecule has 0 unspecified atom stereocenters. The van der Waals surface area contributed by atoms with Crippen LogP contribution in [0.2, 0.25) is 0 Å². The molecule has 0 aliphatic rings. The van der Waals surface area contributed by atoms with Crippen LogP contribution in [0.1, 0.15) is 30.0 Å². The van der Waals surface area contributed by atoms with Gasteiger partial charge in [-0.05, 0) is 42.2 Å². The van der Waals surface area contributed by atoms with Crippen LogP contribution in [0, 0.1) is 0 Å². The standard InChI is InChI=1S/C28H33NO4/c1-3-33-28(31)19-27(30)26(18-22-14-16-25(32-2)17-15-22)29(20-23-10-6-4-7-11-23)21-24-12-8-5-9-13-24/h4-17,26-27,30H,3,18-21H2,1-2H3/t26-,27-/m1/s1. The minimum Gasteiger partial charge on any atom is -0.497 e. The number of benzene rings is 3. The summed E-state index contributed by atoms with van der Waals surface area (Å²) in [5, 5.41) is 11.2. The molecule has 33 heavy (non-hydrogen) atoms. The van der Waals surface area contributed by atoms with Crippen molar-refractivity contribution in [2.24, 2.45) is 0 Å². The van der Waals surface area contributed by atoms with Crippen molar-refractivity contribution in [3.05, 3.63) is 102 Å². The molecule has 0 aliphatic carbocycles. The van der Waals surface area contributed by atoms with Crippen LogP contribution in [-0.2, 0) is 29.0 Å². The SMILES string of the molecule is CCOC(=O)C[C@@H](O)[C@@H](Cc1ccc(OC)cc1)N(Cc1ccccc1)Cc1ccccc1. The zero-order valence-electron chi connectivity index (χ0n) is 19.4. The maximum Gasteiger partial charge on any atom is 0.308 e. The summed E-state index contributed by atoms with van der Waals surface area (Å²) in [5.41, 5.74) is 3.36. The van der Waals surface area contributed by atoms with Crippen molar-refractivity contribution in [2.45, 2.75) is 45.0 Å². The summed E-state index contributed by atoms with van der Waals surface area (Å²) in [6.45, 7) is 3.37. The highest BCUT2D eigenvalue weighted by atomic mass is 16.5. The van der Waals surface area contributed by atoms with E-state index < -0.39 is 6.10 Å². The normalized spacial score (nSPS) is 12.8. The molecule has 0 aliphatic heterocycles. The van der Waals surface area contributed by atoms with Gasteiger partial charge in [0.2, 0.25) is 0 Å². The summed E-state index contributed by atoms with van der Waals surface area (Å²) in [5.74, 6) is 0.400. The van der Waals surface area contributed by atoms with E-state index in [2.05, 4.69) is 29.2 Å². The molecule has 2 atom stereocenters. The third kappa shape index (κ3) is 7.74. The van der Waals surface area contributed by atoms with E-state index >= 15 is 0 Å². The molecule has 0 aromatic heterocycles. The first-order valence-electron chi connectivity index (χ1n) is 11.4. The number of ether oxygens (including phenoxy) is 2. The highest BCUT2D eigenvalue weighted by Crippen LogP contribution is 2.22. The molecule has 5 heteroatoms. The lowest BCUT2D eigenvalue weighted by Crippen LogP contribution is -2.45. The van der Waals surface area contributed by atoms with Crippen molar-refractivity contribution in [3.8, 4) is 5.75 Å². The van der Waals surface area contributed by atoms with E-state index in [1.54, 1.807) is 14.0 Å². The molecule has 174 valence electrons. The number of methoxy groups -OCH3 is 1. The number of carbonyl (C=O) groups is 1. The maximum absolute atomic E-state index is 12.2. The smallest absolute Gasteiger partial charge is 0.308 e. The minimum absolute atomic E-state index is 0.0469. The van der Waals surface area contributed by atoms with E-state index in [4.69, 9.17) is 9.47 Å². The van der Waals surface area contributed by atoms with Gasteiger partial charge in [-0.3, -0.25) is 9.69 Å². The quantitative estimate of drug-likeness (QED) is 0.411. The van der Waals surface area contributed by atoms with Gasteiger partial charge in [-0.15, -0.1) is 0 Å². The van der Waals surface area contributed by atoms with Crippen LogP contribution in [-0.4, -0.2) is 41.8 Å². The number of carbonyl (C=O) groups excluding carboxylic acids is 1. The number of nitrogens with zero attached hydrogens (tertiary/aromatic N) is 1. The Morgan fingerprint density at radius 3 is 1.88 bits per heavy atom. The second-order valence-corrected chi connectivity index (χ2v) is 8.07. The van der Waals surface area contributed by atoms with Crippen LogP contribution in [0.15, 0.2) is 84.9 Å². The van der Waals surface area contributed by atoms with Gasteiger partial charge in [0.25, 0.3) is 0 Å². The molecule has 1 N–H and O–H groups in total. The van der Waals surface area contributed by atoms with E-state index in [9.17, 15) is 9.90 Å². The van der Waals surface area contributed by atoms with Gasteiger partial charge in [-0.1, -0.05) is 72.8 Å². The lowest BCUT2D eigenvalue weighted by atomic mass is 9.96. The van der Waals surface area contributed by atoms with Gasteiger partial charge < -0.3 is 14.6 Å². The first-order chi connectivity index (χ1) is 16.1. The summed E-state index contributed by atoms with van der Waals surface area (Å²) < 4.78 is 10.4. The van der Waals surface area contributed by atoms with E-state index in [1.807, 2.05) is 60.7 Å². The van der Waals surface area contributed by atoms with Crippen molar-refractivity contribution in [2.75, 3.05) is 13.7 Å². The molecule has 0 bridgehead atoms. The summed E-state index contributed by atoms with van der Waals surface area (Å²) in [6.07, 6.45) is -0.336. The van der Waals surface area contributed by atoms with Gasteiger partial charge in [0.05, 0.1) is 26.2 Å². The molecule has 5 nitrogen and oxygen atoms in total. The lowest BCUT2D eigenvalue weighted by molar-refractivity contribution is -0.146. The number of hydrogen-bond donors (Lipinski definition) is 1. The third-order valence-electron chi connectivity index (χ3n) is 5.66. The number of aliphatic hydroxyl groups excluding tert-OH is 1. The predicted octanol–water partition coefficient (Wildman–Crippen LogP) is 4.62. The molecule has 0 heterocycles. The summed E-state index contributed by atoms with van der Waals surface area (Å²) in [4.78, 5) is 14.5. The zero-order chi connectivity index (χ0) is 23.5. The van der Waals surface area contributed by atoms with Crippen molar-refractivity contribution in [3.63, 3.8) is 0 Å². The molecule has 0 saturated carbocycles. The van der Waals surface area contributed by atoms with Gasteiger partial charge in [0, 0.05) is 19.1 Å². The predicted molar refractivity (Wildman–Crippen MR) is 130 cm³/mol. The van der Waals surface area contributed by atoms with E-state index in [1.165, 1.54) is 0 Å². The van der Waals surface area contributed by atoms with Gasteiger partial charge >= 0.3 is 5.97 Å². The van der Waals surface area contributed by atoms with Crippen molar-refractivity contribution < 1.29 is 19.4 Å². The Morgan fingerprint density at radius 2 is 1.39 bits per heavy atom. The molecular weight excluding hydrogens is 414 g/mol. The Kier molecular flexibility index (Phi) is 9.48. The average Bonchev–Trinajstić information content (AvgIpc) is 2.84. The highest BCUT2D eigenvalue weighted by Gasteiger charge is 2.29. The molecule has 3 rings (SSSR count). The van der Waals surface area contributed by atoms with Crippen molar-refractivity contribution >= 4 is 5.97 Å². The third-order valence-corrected chi connectivity index (χ3v) is 5.66. The van der Waals surface area contributed by atoms with Gasteiger partial charge in [-0.25, -0.2) is 0 Å². The second-order valence-electron chi connectivity index (χ2n) is 8.07. The van der Waals surface area contributed by atoms with Gasteiger partial charge in [-0.2, -0.15) is 0 Å². The van der Waals surface area contributed by atoms with E-state index in [0.29, 0.717) is 26.1 Å². The molecule has 3 aromatic carbocycles. The fourth-order valence-electron chi connectivity index (χ4n) is 3.96. The van der Waals surface area contributed by atoms with Crippen LogP contribution < -0.4 is 4.74 Å². The maximum atomic E-state index is 12.2. The Balaban J connectivity index is 1.91. The number of hydrogen-bond acceptors (Lipinski definition) is 5. The fourth-order valence-corrected chi connectivity index (χ4v) is 3.96. The molecule has 0 radical (unpaired) electrons. The van der Waals surface area contributed by atoms with Crippen LogP contribution >= 0.6 is 0 Å². The van der Waals surface area contributed by atoms with Crippen LogP contribution in [0.3, 0.4) is 0 Å². The average molecular weight is 448 g/mol. The topological polar surface area (TPSA) is 59.0 Å². The Hall–Kier alpha value is -3.15. The Labute approximate surface area is 196 Å². The highest BCUT2D eigenvalue weighted by molar-refractivity contribution is 5.70. The fraction of sp³-hybridized carbons (Fsp3) is 0.321. The van der Waals surface area contributed by atoms with Crippen LogP contribution in [0.5, 0.6) is 5.75 Å². The first-order valence-corrected chi connectivity index (χ1v) is 11.4. The summed E-state index contributed by atoms with van der Waals surface area (Å²) in [7, 11) is 1.64. The molecule has 0 fully saturated rings. The molecule has 0 saturated heterocycles. The van der Waals surface area contributed by atoms with Crippen molar-refractivity contribution in [1.82, 2.24) is 4.90 Å². The van der Waals surface area contributed by atoms with Crippen molar-refractivity contribution in [1.29, 1.82) is 0 Å². The molecular formula is C28H33NO4. The second kappa shape index (κ2) is 12.8. The Bertz CT molecular complexity index is 919. The van der Waals surface area contributed by atoms with E-state index in [0.717, 1.165) is 22.4 Å². The molecule has 3 aromatic rings. The lowest BCUT2D eigenvalue weighted by Gasteiger charge is -2.35.